The summed E-state index contributed by atoms with van der Waals surface area (Å²) in [5, 5.41) is 79.0. The van der Waals surface area contributed by atoms with Crippen molar-refractivity contribution in [2.45, 2.75) is 298 Å². The van der Waals surface area contributed by atoms with E-state index in [9.17, 15) is 45.3 Å². The number of Topliss-reactive ketones (excluding diaryl/α,β-unsaturated/α-hetero) is 1. The van der Waals surface area contributed by atoms with Crippen LogP contribution < -0.4 is 0 Å². The fraction of sp³-hybridized carbons (Fsp3) is 0.903. The van der Waals surface area contributed by atoms with Crippen molar-refractivity contribution in [1.82, 2.24) is 0 Å². The van der Waals surface area contributed by atoms with Crippen molar-refractivity contribution >= 4 is 11.8 Å². The molecule has 4 aliphatic carbocycles. The predicted octanol–water partition coefficient (Wildman–Crippen LogP) is 2.95. The van der Waals surface area contributed by atoms with Gasteiger partial charge in [0.2, 0.25) is 0 Å². The Labute approximate surface area is 505 Å². The van der Waals surface area contributed by atoms with E-state index >= 15 is 0 Å². The Bertz CT molecular complexity index is 2390. The average molecular weight is 1230 g/mol. The van der Waals surface area contributed by atoms with Gasteiger partial charge in [0.1, 0.15) is 71.7 Å². The third-order valence-electron chi connectivity index (χ3n) is 21.7. The van der Waals surface area contributed by atoms with Crippen LogP contribution in [0.4, 0.5) is 0 Å². The molecule has 0 radical (unpaired) electrons. The molecule has 0 spiro atoms. The van der Waals surface area contributed by atoms with E-state index in [0.29, 0.717) is 38.5 Å². The number of hydrogen-bond donors (Lipinski definition) is 7. The Morgan fingerprint density at radius 3 is 1.55 bits per heavy atom. The maximum atomic E-state index is 13.6. The van der Waals surface area contributed by atoms with Gasteiger partial charge in [-0.15, -0.1) is 0 Å². The molecular weight excluding hydrogens is 1130 g/mol. The number of rotatable bonds is 19. The van der Waals surface area contributed by atoms with Gasteiger partial charge < -0.3 is 107 Å². The van der Waals surface area contributed by atoms with Gasteiger partial charge in [-0.25, -0.2) is 4.79 Å². The molecule has 0 aromatic rings. The molecule has 5 aliphatic heterocycles. The molecule has 3 saturated carbocycles. The van der Waals surface area contributed by atoms with E-state index in [2.05, 4.69) is 6.92 Å². The normalized spacial score (nSPS) is 50.0. The Balaban J connectivity index is 0.779. The number of aliphatic hydroxyl groups is 7. The van der Waals surface area contributed by atoms with Crippen LogP contribution in [0.1, 0.15) is 140 Å². The minimum Gasteiger partial charge on any atom is -0.458 e. The minimum atomic E-state index is -2.04. The Kier molecular flexibility index (Phi) is 21.2. The van der Waals surface area contributed by atoms with Crippen LogP contribution in [0.5, 0.6) is 0 Å². The second-order valence-corrected chi connectivity index (χ2v) is 26.7. The number of carbonyl (C=O) groups excluding carboxylic acids is 2. The molecule has 5 heterocycles. The van der Waals surface area contributed by atoms with E-state index in [1.165, 1.54) is 20.1 Å². The van der Waals surface area contributed by atoms with E-state index < -0.39 is 187 Å². The average Bonchev–Trinajstić information content (AvgIpc) is 1.34. The summed E-state index contributed by atoms with van der Waals surface area (Å²) in [4.78, 5) is 27.0. The van der Waals surface area contributed by atoms with Gasteiger partial charge in [0.05, 0.1) is 67.0 Å². The van der Waals surface area contributed by atoms with Crippen LogP contribution in [0.25, 0.3) is 0 Å². The van der Waals surface area contributed by atoms with E-state index in [-0.39, 0.29) is 44.1 Å². The third-order valence-corrected chi connectivity index (χ3v) is 21.7. The molecule has 5 saturated heterocycles. The summed E-state index contributed by atoms with van der Waals surface area (Å²) in [6.07, 6.45) is -11.6. The Hall–Kier alpha value is -2.22. The molecule has 0 amide bonds. The van der Waals surface area contributed by atoms with Crippen LogP contribution in [0.3, 0.4) is 0 Å². The number of allylic oxidation sites excluding steroid dienone is 1. The molecule has 29 atom stereocenters. The van der Waals surface area contributed by atoms with E-state index in [1.807, 2.05) is 47.6 Å². The maximum absolute atomic E-state index is 13.6. The molecule has 492 valence electrons. The summed E-state index contributed by atoms with van der Waals surface area (Å²) in [5.74, 6) is -1.67. The number of fused-ring (bicyclic) bond motifs is 5. The summed E-state index contributed by atoms with van der Waals surface area (Å²) >= 11 is 0. The molecule has 9 rings (SSSR count). The Morgan fingerprint density at radius 2 is 1.10 bits per heavy atom. The monoisotopic (exact) mass is 1230 g/mol. The van der Waals surface area contributed by atoms with Gasteiger partial charge >= 0.3 is 5.97 Å². The van der Waals surface area contributed by atoms with Gasteiger partial charge in [-0.05, 0) is 105 Å². The highest BCUT2D eigenvalue weighted by atomic mass is 16.8. The largest absolute Gasteiger partial charge is 0.458 e. The Morgan fingerprint density at radius 1 is 0.640 bits per heavy atom. The molecule has 0 aromatic carbocycles. The van der Waals surface area contributed by atoms with Crippen molar-refractivity contribution < 1.29 is 116 Å². The highest BCUT2D eigenvalue weighted by Crippen LogP contribution is 2.71. The van der Waals surface area contributed by atoms with E-state index in [1.54, 1.807) is 35.2 Å². The summed E-state index contributed by atoms with van der Waals surface area (Å²) in [6, 6.07) is 0. The fourth-order valence-electron chi connectivity index (χ4n) is 16.1. The number of carbonyl (C=O) groups is 2. The van der Waals surface area contributed by atoms with Gasteiger partial charge in [0.25, 0.3) is 0 Å². The van der Waals surface area contributed by atoms with E-state index in [0.717, 1.165) is 11.1 Å². The molecule has 86 heavy (non-hydrogen) atoms. The zero-order valence-corrected chi connectivity index (χ0v) is 52.6. The molecule has 0 aromatic heterocycles. The van der Waals surface area contributed by atoms with Gasteiger partial charge in [-0.1, -0.05) is 38.0 Å². The molecule has 9 aliphatic rings. The van der Waals surface area contributed by atoms with Crippen LogP contribution >= 0.6 is 0 Å². The maximum Gasteiger partial charge on any atom is 0.330 e. The van der Waals surface area contributed by atoms with Crippen molar-refractivity contribution in [3.63, 3.8) is 0 Å². The van der Waals surface area contributed by atoms with Crippen LogP contribution in [-0.2, 0) is 80.6 Å². The first-order chi connectivity index (χ1) is 40.5. The van der Waals surface area contributed by atoms with Gasteiger partial charge in [0, 0.05) is 66.1 Å². The highest BCUT2D eigenvalue weighted by Gasteiger charge is 2.81. The van der Waals surface area contributed by atoms with Crippen LogP contribution in [0, 0.1) is 22.7 Å². The molecule has 8 fully saturated rings. The second-order valence-electron chi connectivity index (χ2n) is 26.7. The van der Waals surface area contributed by atoms with Crippen LogP contribution in [0.15, 0.2) is 23.3 Å². The fourth-order valence-corrected chi connectivity index (χ4v) is 16.1. The zero-order chi connectivity index (χ0) is 62.7. The van der Waals surface area contributed by atoms with Crippen molar-refractivity contribution in [2.24, 2.45) is 22.7 Å². The number of aliphatic hydroxyl groups excluding tert-OH is 4. The quantitative estimate of drug-likeness (QED) is 0.0555. The number of ether oxygens (including phenoxy) is 15. The first-order valence-electron chi connectivity index (χ1n) is 31.1. The van der Waals surface area contributed by atoms with Crippen molar-refractivity contribution in [3.8, 4) is 0 Å². The molecule has 0 bridgehead atoms. The lowest BCUT2D eigenvalue weighted by Gasteiger charge is -2.67. The van der Waals surface area contributed by atoms with Gasteiger partial charge in [0.15, 0.2) is 37.2 Å². The summed E-state index contributed by atoms with van der Waals surface area (Å²) < 4.78 is 94.3. The SMILES string of the molecule is CO[C@H]1C[C@H](O[C@H]2CC[C@@]3(C)C(=CC[C@]4(O)[C@@H]3C[C@@H](OC(=O)/C=C(\C)C(C)C)[C@@]3(C)[C@]4(O)CC[C@@]3(O)C(C)=O)C2)O[C@H](C)[C@H]1O[C@H]1C[C@@H](OC)[C@H](O[C@H]2C[C@H](OC)[C@H](O[C@H]3C[C@@H](OC)[C@@H](O[C@@H]4O[C@H](CO)[C@@H](O)[C@H](O)[C@H]4O)[C@H](C)O3)[C@@H](C)O2)[C@@H](C)O1. The zero-order valence-electron chi connectivity index (χ0n) is 52.6. The number of methoxy groups -OCH3 is 4. The summed E-state index contributed by atoms with van der Waals surface area (Å²) in [7, 11) is 6.35. The van der Waals surface area contributed by atoms with Crippen LogP contribution in [-0.4, -0.2) is 241 Å². The van der Waals surface area contributed by atoms with Crippen molar-refractivity contribution in [2.75, 3.05) is 35.0 Å². The molecule has 24 nitrogen and oxygen atoms in total. The highest BCUT2D eigenvalue weighted by molar-refractivity contribution is 5.87. The molecule has 0 unspecified atom stereocenters. The number of ketones is 1. The molecule has 24 heteroatoms. The number of hydrogen-bond acceptors (Lipinski definition) is 24. The first-order valence-corrected chi connectivity index (χ1v) is 31.1. The third kappa shape index (κ3) is 12.4. The van der Waals surface area contributed by atoms with E-state index in [4.69, 9.17) is 71.1 Å². The minimum absolute atomic E-state index is 0.0490. The standard InChI is InChI=1S/C62H100O24/c1-29(2)30(3)21-45(65)82-44-27-43-58(9)17-16-37(22-36(58)15-18-61(43,70)62(71)20-19-60(69,35(8)64)59(44,62)10)80-46-23-38(72-11)53(31(4)76-46)83-47-24-39(73-12)54(32(5)77-47)84-48-25-40(74-13)55(33(6)78-48)85-49-26-41(75-14)56(34(7)79-49)86-57-52(68)51(67)50(66)42(28-63)81-57/h15,21,29,31-34,37-44,46-57,63,66-71H,16-20,22-28H2,1-14H3/b30-21+/t31-,32-,33-,34+,37+,38+,39-,40+,41-,42-,43-,44-,46+,47+,48+,49+,50-,51+,52-,53-,54-,55-,56+,57+,58+,59-,60-,61+,62-/m1/s1. The smallest absolute Gasteiger partial charge is 0.330 e. The van der Waals surface area contributed by atoms with Crippen LogP contribution in [0.2, 0.25) is 0 Å². The summed E-state index contributed by atoms with van der Waals surface area (Å²) in [6.45, 7) is 17.6. The van der Waals surface area contributed by atoms with Crippen molar-refractivity contribution in [3.05, 3.63) is 23.3 Å². The van der Waals surface area contributed by atoms with Crippen molar-refractivity contribution in [1.29, 1.82) is 0 Å². The molecule has 7 N–H and O–H groups in total. The lowest BCUT2D eigenvalue weighted by molar-refractivity contribution is -0.358. The first kappa shape index (κ1) is 68.2. The predicted molar refractivity (Wildman–Crippen MR) is 301 cm³/mol. The number of esters is 1. The molecular formula is C62H100O24. The summed E-state index contributed by atoms with van der Waals surface area (Å²) in [5.41, 5.74) is -6.22. The lowest BCUT2D eigenvalue weighted by atomic mass is 9.42. The topological polar surface area (TPSA) is 314 Å². The second kappa shape index (κ2) is 26.8. The van der Waals surface area contributed by atoms with Gasteiger partial charge in [-0.3, -0.25) is 4.79 Å². The van der Waals surface area contributed by atoms with Gasteiger partial charge in [-0.2, -0.15) is 0 Å². The lowest BCUT2D eigenvalue weighted by Crippen LogP contribution is -2.78.